The van der Waals surface area contributed by atoms with Crippen molar-refractivity contribution in [2.75, 3.05) is 12.4 Å². The molecule has 24 heavy (non-hydrogen) atoms. The Morgan fingerprint density at radius 2 is 2.00 bits per heavy atom. The summed E-state index contributed by atoms with van der Waals surface area (Å²) in [7, 11) is 1.29. The van der Waals surface area contributed by atoms with Crippen molar-refractivity contribution >= 4 is 23.3 Å². The van der Waals surface area contributed by atoms with E-state index >= 15 is 0 Å². The lowest BCUT2D eigenvalue weighted by atomic mass is 10.1. The highest BCUT2D eigenvalue weighted by molar-refractivity contribution is 6.07. The fourth-order valence-electron chi connectivity index (χ4n) is 2.33. The van der Waals surface area contributed by atoms with Crippen molar-refractivity contribution in [3.8, 4) is 0 Å². The topological polar surface area (TPSA) is 98.5 Å². The van der Waals surface area contributed by atoms with E-state index in [4.69, 9.17) is 4.74 Å². The van der Waals surface area contributed by atoms with Crippen LogP contribution in [0.4, 0.5) is 5.69 Å². The monoisotopic (exact) mass is 325 g/mol. The Hall–Kier alpha value is -3.29. The maximum Gasteiger partial charge on any atom is 0.340 e. The molecule has 8 nitrogen and oxygen atoms in total. The Kier molecular flexibility index (Phi) is 3.95. The number of hydrogen-bond acceptors (Lipinski definition) is 6. The molecule has 0 aliphatic heterocycles. The molecule has 0 unspecified atom stereocenters. The van der Waals surface area contributed by atoms with Gasteiger partial charge in [0.25, 0.3) is 11.7 Å². The van der Waals surface area contributed by atoms with E-state index in [0.29, 0.717) is 22.6 Å². The number of nitrogens with one attached hydrogen (secondary N) is 1. The first-order chi connectivity index (χ1) is 11.5. The van der Waals surface area contributed by atoms with Gasteiger partial charge in [0.15, 0.2) is 0 Å². The molecule has 0 radical (unpaired) electrons. The number of ether oxygens (including phenoxy) is 1. The number of rotatable bonds is 3. The van der Waals surface area contributed by atoms with Crippen LogP contribution in [0.25, 0.3) is 5.78 Å². The largest absolute Gasteiger partial charge is 0.465 e. The summed E-state index contributed by atoms with van der Waals surface area (Å²) < 4.78 is 6.25. The summed E-state index contributed by atoms with van der Waals surface area (Å²) in [5.74, 6) is -0.758. The molecule has 1 N–H and O–H groups in total. The summed E-state index contributed by atoms with van der Waals surface area (Å²) in [5, 5.41) is 6.80. The second-order valence-electron chi connectivity index (χ2n) is 5.18. The van der Waals surface area contributed by atoms with E-state index in [-0.39, 0.29) is 5.82 Å². The molecule has 8 heteroatoms. The number of aryl methyl sites for hydroxylation is 2. The molecule has 0 bridgehead atoms. The van der Waals surface area contributed by atoms with Crippen molar-refractivity contribution in [3.63, 3.8) is 0 Å². The highest BCUT2D eigenvalue weighted by Crippen LogP contribution is 2.21. The molecule has 0 spiro atoms. The number of nitrogens with zero attached hydrogens (tertiary/aromatic N) is 4. The zero-order chi connectivity index (χ0) is 17.3. The van der Waals surface area contributed by atoms with E-state index in [1.807, 2.05) is 6.92 Å². The highest BCUT2D eigenvalue weighted by Gasteiger charge is 2.19. The second kappa shape index (κ2) is 6.07. The number of carbonyl (C=O) groups is 2. The maximum atomic E-state index is 12.4. The van der Waals surface area contributed by atoms with Gasteiger partial charge in [-0.05, 0) is 31.5 Å². The SMILES string of the molecule is COC(=O)c1c(C)cccc1NC(=O)c1nc2nccc(C)n2n1. The van der Waals surface area contributed by atoms with Crippen LogP contribution >= 0.6 is 0 Å². The van der Waals surface area contributed by atoms with Crippen LogP contribution in [0.1, 0.15) is 32.2 Å². The average molecular weight is 325 g/mol. The van der Waals surface area contributed by atoms with Crippen molar-refractivity contribution in [1.29, 1.82) is 0 Å². The maximum absolute atomic E-state index is 12.4. The van der Waals surface area contributed by atoms with Gasteiger partial charge < -0.3 is 10.1 Å². The van der Waals surface area contributed by atoms with Gasteiger partial charge in [-0.3, -0.25) is 4.79 Å². The first kappa shape index (κ1) is 15.6. The standard InChI is InChI=1S/C16H15N5O3/c1-9-5-4-6-11(12(9)15(23)24-3)18-14(22)13-19-16-17-8-7-10(2)21(16)20-13/h4-8H,1-3H3,(H,18,22). The van der Waals surface area contributed by atoms with Gasteiger partial charge in [0.2, 0.25) is 5.82 Å². The summed E-state index contributed by atoms with van der Waals surface area (Å²) in [6, 6.07) is 6.88. The quantitative estimate of drug-likeness (QED) is 0.737. The number of fused-ring (bicyclic) bond motifs is 1. The van der Waals surface area contributed by atoms with Gasteiger partial charge in [-0.15, -0.1) is 5.10 Å². The lowest BCUT2D eigenvalue weighted by Crippen LogP contribution is -2.17. The van der Waals surface area contributed by atoms with Crippen molar-refractivity contribution in [2.45, 2.75) is 13.8 Å². The smallest absolute Gasteiger partial charge is 0.340 e. The summed E-state index contributed by atoms with van der Waals surface area (Å²) in [6.07, 6.45) is 1.59. The van der Waals surface area contributed by atoms with Gasteiger partial charge in [0.05, 0.1) is 18.4 Å². The Morgan fingerprint density at radius 3 is 2.71 bits per heavy atom. The zero-order valence-corrected chi connectivity index (χ0v) is 13.4. The van der Waals surface area contributed by atoms with E-state index < -0.39 is 11.9 Å². The second-order valence-corrected chi connectivity index (χ2v) is 5.18. The molecule has 1 amide bonds. The number of amides is 1. The number of hydrogen-bond donors (Lipinski definition) is 1. The van der Waals surface area contributed by atoms with Crippen molar-refractivity contribution in [1.82, 2.24) is 19.6 Å². The van der Waals surface area contributed by atoms with Gasteiger partial charge in [-0.1, -0.05) is 12.1 Å². The van der Waals surface area contributed by atoms with E-state index in [1.54, 1.807) is 37.4 Å². The fourth-order valence-corrected chi connectivity index (χ4v) is 2.33. The molecule has 2 aromatic heterocycles. The molecule has 0 atom stereocenters. The average Bonchev–Trinajstić information content (AvgIpc) is 3.00. The molecule has 2 heterocycles. The molecule has 0 saturated carbocycles. The number of methoxy groups -OCH3 is 1. The Labute approximate surface area is 137 Å². The Morgan fingerprint density at radius 1 is 1.21 bits per heavy atom. The first-order valence-corrected chi connectivity index (χ1v) is 7.19. The van der Waals surface area contributed by atoms with Gasteiger partial charge in [-0.2, -0.15) is 4.98 Å². The molecule has 3 aromatic rings. The number of carbonyl (C=O) groups excluding carboxylic acids is 2. The minimum Gasteiger partial charge on any atom is -0.465 e. The van der Waals surface area contributed by atoms with E-state index in [0.717, 1.165) is 5.69 Å². The number of aromatic nitrogens is 4. The normalized spacial score (nSPS) is 10.6. The Bertz CT molecular complexity index is 948. The third-order valence-electron chi connectivity index (χ3n) is 3.54. The van der Waals surface area contributed by atoms with E-state index in [1.165, 1.54) is 11.6 Å². The molecular formula is C16H15N5O3. The van der Waals surface area contributed by atoms with Gasteiger partial charge >= 0.3 is 5.97 Å². The van der Waals surface area contributed by atoms with Crippen LogP contribution in [0.15, 0.2) is 30.5 Å². The highest BCUT2D eigenvalue weighted by atomic mass is 16.5. The summed E-state index contributed by atoms with van der Waals surface area (Å²) in [5.41, 5.74) is 2.14. The van der Waals surface area contributed by atoms with Crippen molar-refractivity contribution in [2.24, 2.45) is 0 Å². The molecule has 1 aromatic carbocycles. The van der Waals surface area contributed by atoms with E-state index in [2.05, 4.69) is 20.4 Å². The molecule has 3 rings (SSSR count). The molecular weight excluding hydrogens is 310 g/mol. The zero-order valence-electron chi connectivity index (χ0n) is 13.4. The lowest BCUT2D eigenvalue weighted by Gasteiger charge is -2.10. The molecule has 0 aliphatic rings. The molecule has 0 aliphatic carbocycles. The number of anilines is 1. The van der Waals surface area contributed by atoms with Crippen LogP contribution in [0.3, 0.4) is 0 Å². The number of benzene rings is 1. The van der Waals surface area contributed by atoms with Crippen LogP contribution in [0, 0.1) is 13.8 Å². The fraction of sp³-hybridized carbons (Fsp3) is 0.188. The summed E-state index contributed by atoms with van der Waals surface area (Å²) in [6.45, 7) is 3.60. The number of esters is 1. The van der Waals surface area contributed by atoms with Gasteiger partial charge in [0.1, 0.15) is 0 Å². The molecule has 122 valence electrons. The van der Waals surface area contributed by atoms with Crippen LogP contribution in [-0.4, -0.2) is 38.6 Å². The third kappa shape index (κ3) is 2.69. The first-order valence-electron chi connectivity index (χ1n) is 7.19. The van der Waals surface area contributed by atoms with Crippen molar-refractivity contribution < 1.29 is 14.3 Å². The van der Waals surface area contributed by atoms with Gasteiger partial charge in [-0.25, -0.2) is 14.3 Å². The Balaban J connectivity index is 1.96. The minimum absolute atomic E-state index is 0.0332. The lowest BCUT2D eigenvalue weighted by molar-refractivity contribution is 0.0601. The predicted octanol–water partition coefficient (Wildman–Crippen LogP) is 1.78. The summed E-state index contributed by atoms with van der Waals surface area (Å²) >= 11 is 0. The van der Waals surface area contributed by atoms with E-state index in [9.17, 15) is 9.59 Å². The van der Waals surface area contributed by atoms with Crippen LogP contribution in [0.2, 0.25) is 0 Å². The van der Waals surface area contributed by atoms with Crippen LogP contribution < -0.4 is 5.32 Å². The van der Waals surface area contributed by atoms with Gasteiger partial charge in [0, 0.05) is 11.9 Å². The molecule has 0 saturated heterocycles. The van der Waals surface area contributed by atoms with Crippen molar-refractivity contribution in [3.05, 3.63) is 53.1 Å². The third-order valence-corrected chi connectivity index (χ3v) is 3.54. The predicted molar refractivity (Wildman–Crippen MR) is 86.0 cm³/mol. The minimum atomic E-state index is -0.532. The summed E-state index contributed by atoms with van der Waals surface area (Å²) in [4.78, 5) is 32.5. The van der Waals surface area contributed by atoms with Crippen LogP contribution in [-0.2, 0) is 4.74 Å². The van der Waals surface area contributed by atoms with Crippen LogP contribution in [0.5, 0.6) is 0 Å². The molecule has 0 fully saturated rings.